The van der Waals surface area contributed by atoms with Crippen molar-refractivity contribution >= 4 is 38.4 Å². The summed E-state index contributed by atoms with van der Waals surface area (Å²) in [6.07, 6.45) is 0.0118. The molecular formula is C21H19BrN4O4. The fraction of sp³-hybridized carbons (Fsp3) is 0.190. The summed E-state index contributed by atoms with van der Waals surface area (Å²) in [5, 5.41) is 7.52. The quantitative estimate of drug-likeness (QED) is 0.451. The van der Waals surface area contributed by atoms with Crippen LogP contribution >= 0.6 is 15.9 Å². The lowest BCUT2D eigenvalue weighted by atomic mass is 10.1. The third kappa shape index (κ3) is 3.76. The number of benzene rings is 2. The van der Waals surface area contributed by atoms with Gasteiger partial charge >= 0.3 is 5.76 Å². The van der Waals surface area contributed by atoms with Crippen molar-refractivity contribution < 1.29 is 14.1 Å². The van der Waals surface area contributed by atoms with Crippen molar-refractivity contribution in [1.29, 1.82) is 0 Å². The largest absolute Gasteiger partial charge is 0.489 e. The van der Waals surface area contributed by atoms with E-state index in [2.05, 4.69) is 35.9 Å². The van der Waals surface area contributed by atoms with E-state index >= 15 is 0 Å². The average Bonchev–Trinajstić information content (AvgIpc) is 3.27. The smallest absolute Gasteiger partial charge is 0.439 e. The summed E-state index contributed by atoms with van der Waals surface area (Å²) in [6, 6.07) is 12.8. The number of carbonyl (C=O) groups excluding carboxylic acids is 1. The number of halogens is 1. The number of nitrogens with one attached hydrogen (secondary N) is 2. The van der Waals surface area contributed by atoms with Gasteiger partial charge in [-0.1, -0.05) is 33.2 Å². The predicted molar refractivity (Wildman–Crippen MR) is 117 cm³/mol. The van der Waals surface area contributed by atoms with E-state index < -0.39 is 5.76 Å². The molecule has 0 aliphatic rings. The predicted octanol–water partition coefficient (Wildman–Crippen LogP) is 4.32. The van der Waals surface area contributed by atoms with E-state index in [1.807, 2.05) is 45.2 Å². The number of nitrogens with zero attached hydrogens (tertiary/aromatic N) is 2. The Morgan fingerprint density at radius 2 is 2.07 bits per heavy atom. The number of anilines is 1. The van der Waals surface area contributed by atoms with Crippen LogP contribution in [0.3, 0.4) is 0 Å². The number of ether oxygens (including phenoxy) is 1. The Balaban J connectivity index is 1.73. The highest BCUT2D eigenvalue weighted by Crippen LogP contribution is 2.31. The van der Waals surface area contributed by atoms with Crippen molar-refractivity contribution in [3.63, 3.8) is 0 Å². The van der Waals surface area contributed by atoms with Crippen LogP contribution in [-0.4, -0.2) is 26.7 Å². The first-order valence-corrected chi connectivity index (χ1v) is 10.0. The maximum Gasteiger partial charge on any atom is 0.439 e. The molecule has 0 spiro atoms. The number of aromatic amines is 1. The minimum absolute atomic E-state index is 0.0118. The maximum atomic E-state index is 13.1. The van der Waals surface area contributed by atoms with Gasteiger partial charge in [-0.15, -0.1) is 0 Å². The van der Waals surface area contributed by atoms with Gasteiger partial charge in [0.05, 0.1) is 17.3 Å². The molecule has 0 radical (unpaired) electrons. The van der Waals surface area contributed by atoms with Crippen molar-refractivity contribution in [2.24, 2.45) is 7.05 Å². The number of para-hydroxylation sites is 1. The molecule has 30 heavy (non-hydrogen) atoms. The van der Waals surface area contributed by atoms with Crippen molar-refractivity contribution in [3.05, 3.63) is 63.2 Å². The lowest BCUT2D eigenvalue weighted by Crippen LogP contribution is -2.16. The molecule has 0 saturated carbocycles. The Morgan fingerprint density at radius 1 is 1.27 bits per heavy atom. The molecule has 4 rings (SSSR count). The van der Waals surface area contributed by atoms with Crippen LogP contribution in [0.1, 0.15) is 24.3 Å². The second kappa shape index (κ2) is 7.83. The summed E-state index contributed by atoms with van der Waals surface area (Å²) >= 11 is 3.39. The number of aromatic nitrogens is 3. The van der Waals surface area contributed by atoms with Gasteiger partial charge in [0.25, 0.3) is 5.91 Å². The Kier molecular flexibility index (Phi) is 5.21. The van der Waals surface area contributed by atoms with Crippen LogP contribution in [0.5, 0.6) is 5.75 Å². The molecule has 0 fully saturated rings. The van der Waals surface area contributed by atoms with Gasteiger partial charge in [-0.25, -0.2) is 4.79 Å². The van der Waals surface area contributed by atoms with E-state index in [4.69, 9.17) is 4.74 Å². The molecule has 8 nitrogen and oxygen atoms in total. The highest BCUT2D eigenvalue weighted by Gasteiger charge is 2.19. The standard InChI is InChI=1S/C21H19BrN4O4/c1-11(2)29-17-6-4-5-12-9-16(26(3)18(12)17)20(27)23-15-8-7-13(22)10-14(15)19-24-21(28)30-25-19/h4-11H,1-3H3,(H,23,27)(H,24,25,28). The summed E-state index contributed by atoms with van der Waals surface area (Å²) < 4.78 is 13.1. The molecule has 2 heterocycles. The minimum atomic E-state index is -0.673. The van der Waals surface area contributed by atoms with Crippen LogP contribution in [0.2, 0.25) is 0 Å². The number of hydrogen-bond donors (Lipinski definition) is 2. The normalized spacial score (nSPS) is 11.2. The van der Waals surface area contributed by atoms with Crippen molar-refractivity contribution in [1.82, 2.24) is 14.7 Å². The molecule has 0 bridgehead atoms. The second-order valence-electron chi connectivity index (χ2n) is 7.04. The molecular weight excluding hydrogens is 452 g/mol. The van der Waals surface area contributed by atoms with Crippen LogP contribution in [0.25, 0.3) is 22.3 Å². The number of hydrogen-bond acceptors (Lipinski definition) is 5. The third-order valence-corrected chi connectivity index (χ3v) is 5.03. The van der Waals surface area contributed by atoms with Crippen LogP contribution in [0.15, 0.2) is 56.3 Å². The molecule has 0 aliphatic carbocycles. The van der Waals surface area contributed by atoms with Gasteiger partial charge < -0.3 is 14.6 Å². The molecule has 9 heteroatoms. The summed E-state index contributed by atoms with van der Waals surface area (Å²) in [4.78, 5) is 27.0. The molecule has 4 aromatic rings. The zero-order valence-electron chi connectivity index (χ0n) is 16.5. The Morgan fingerprint density at radius 3 is 2.77 bits per heavy atom. The lowest BCUT2D eigenvalue weighted by Gasteiger charge is -2.13. The number of fused-ring (bicyclic) bond motifs is 1. The van der Waals surface area contributed by atoms with E-state index in [0.717, 1.165) is 15.4 Å². The fourth-order valence-corrected chi connectivity index (χ4v) is 3.66. The first-order chi connectivity index (χ1) is 14.3. The molecule has 154 valence electrons. The monoisotopic (exact) mass is 470 g/mol. The van der Waals surface area contributed by atoms with Crippen LogP contribution in [0, 0.1) is 0 Å². The van der Waals surface area contributed by atoms with Crippen molar-refractivity contribution in [3.8, 4) is 17.1 Å². The topological polar surface area (TPSA) is 102 Å². The van der Waals surface area contributed by atoms with Gasteiger partial charge in [0.1, 0.15) is 11.4 Å². The first kappa shape index (κ1) is 20.0. The Hall–Kier alpha value is -3.33. The highest BCUT2D eigenvalue weighted by molar-refractivity contribution is 9.10. The van der Waals surface area contributed by atoms with E-state index in [9.17, 15) is 9.59 Å². The zero-order chi connectivity index (χ0) is 21.4. The van der Waals surface area contributed by atoms with E-state index in [0.29, 0.717) is 22.7 Å². The lowest BCUT2D eigenvalue weighted by molar-refractivity contribution is 0.102. The van der Waals surface area contributed by atoms with Gasteiger partial charge in [-0.05, 0) is 44.2 Å². The maximum absolute atomic E-state index is 13.1. The summed E-state index contributed by atoms with van der Waals surface area (Å²) in [7, 11) is 1.82. The van der Waals surface area contributed by atoms with Crippen molar-refractivity contribution in [2.75, 3.05) is 5.32 Å². The number of aryl methyl sites for hydroxylation is 1. The molecule has 0 unspecified atom stereocenters. The number of carbonyl (C=O) groups is 1. The Bertz CT molecular complexity index is 1300. The molecule has 0 atom stereocenters. The van der Waals surface area contributed by atoms with E-state index in [1.165, 1.54) is 0 Å². The summed E-state index contributed by atoms with van der Waals surface area (Å²) in [6.45, 7) is 3.91. The van der Waals surface area contributed by atoms with Crippen LogP contribution < -0.4 is 15.8 Å². The minimum Gasteiger partial charge on any atom is -0.489 e. The SMILES string of the molecule is CC(C)Oc1cccc2cc(C(=O)Nc3ccc(Br)cc3-c3noc(=O)[nH]3)n(C)c12. The second-order valence-corrected chi connectivity index (χ2v) is 7.95. The first-order valence-electron chi connectivity index (χ1n) is 9.26. The number of H-pyrrole nitrogens is 1. The molecule has 1 amide bonds. The summed E-state index contributed by atoms with van der Waals surface area (Å²) in [5.74, 6) is -0.0398. The molecule has 0 aliphatic heterocycles. The molecule has 2 aromatic heterocycles. The number of amides is 1. The van der Waals surface area contributed by atoms with Gasteiger partial charge in [-0.3, -0.25) is 14.3 Å². The van der Waals surface area contributed by atoms with E-state index in [1.54, 1.807) is 22.8 Å². The fourth-order valence-electron chi connectivity index (χ4n) is 3.30. The molecule has 2 N–H and O–H groups in total. The van der Waals surface area contributed by atoms with Gasteiger partial charge in [0.2, 0.25) is 0 Å². The zero-order valence-corrected chi connectivity index (χ0v) is 18.1. The Labute approximate surface area is 180 Å². The summed E-state index contributed by atoms with van der Waals surface area (Å²) in [5.41, 5.74) is 2.31. The van der Waals surface area contributed by atoms with Crippen LogP contribution in [0.4, 0.5) is 5.69 Å². The van der Waals surface area contributed by atoms with Gasteiger partial charge in [0, 0.05) is 22.5 Å². The van der Waals surface area contributed by atoms with Gasteiger partial charge in [0.15, 0.2) is 5.82 Å². The van der Waals surface area contributed by atoms with Crippen LogP contribution in [-0.2, 0) is 7.05 Å². The molecule has 0 saturated heterocycles. The van der Waals surface area contributed by atoms with Crippen molar-refractivity contribution in [2.45, 2.75) is 20.0 Å². The van der Waals surface area contributed by atoms with E-state index in [-0.39, 0.29) is 17.8 Å². The molecule has 2 aromatic carbocycles. The van der Waals surface area contributed by atoms with Gasteiger partial charge in [-0.2, -0.15) is 0 Å². The highest BCUT2D eigenvalue weighted by atomic mass is 79.9. The average molecular weight is 471 g/mol. The third-order valence-electron chi connectivity index (χ3n) is 4.54. The number of rotatable bonds is 5.